The van der Waals surface area contributed by atoms with Crippen molar-refractivity contribution >= 4 is 46.3 Å². The Morgan fingerprint density at radius 3 is 2.73 bits per heavy atom. The number of benzene rings is 1. The number of carbonyl (C=O) groups excluding carboxylic acids is 1. The van der Waals surface area contributed by atoms with Gasteiger partial charge >= 0.3 is 0 Å². The monoisotopic (exact) mass is 475 g/mol. The fourth-order valence-corrected chi connectivity index (χ4v) is 4.41. The molecular weight excluding hydrogens is 449 g/mol. The highest BCUT2D eigenvalue weighted by molar-refractivity contribution is 6.33. The predicted octanol–water partition coefficient (Wildman–Crippen LogP) is 3.76. The number of nitrogens with two attached hydrogens (primary N) is 1. The van der Waals surface area contributed by atoms with Crippen molar-refractivity contribution in [3.05, 3.63) is 35.2 Å². The minimum Gasteiger partial charge on any atom is -0.394 e. The van der Waals surface area contributed by atoms with Crippen molar-refractivity contribution in [1.82, 2.24) is 19.5 Å². The second kappa shape index (κ2) is 9.88. The maximum atomic E-state index is 14.5. The molecule has 0 bridgehead atoms. The lowest BCUT2D eigenvalue weighted by Gasteiger charge is -2.29. The van der Waals surface area contributed by atoms with Crippen molar-refractivity contribution in [2.24, 2.45) is 11.7 Å². The number of halogens is 2. The molecule has 11 heteroatoms. The average molecular weight is 476 g/mol. The molecule has 176 valence electrons. The molecular formula is C22H27ClFN7O2. The SMILES string of the molecule is CC[C@@H](CO)Nc1ncc2nc(Nc3c(F)cccc3Cl)n(C3CCC(C(N)=O)CC3)c2n1. The second-order valence-electron chi connectivity index (χ2n) is 8.27. The van der Waals surface area contributed by atoms with Gasteiger partial charge in [-0.2, -0.15) is 4.98 Å². The summed E-state index contributed by atoms with van der Waals surface area (Å²) in [4.78, 5) is 25.2. The Kier molecular flexibility index (Phi) is 6.94. The summed E-state index contributed by atoms with van der Waals surface area (Å²) in [6.07, 6.45) is 4.98. The number of rotatable bonds is 8. The van der Waals surface area contributed by atoms with Gasteiger partial charge in [0, 0.05) is 12.0 Å². The standard InChI is InChI=1S/C22H27ClFN7O2/c1-2-13(11-32)27-21-26-10-17-20(30-21)31(14-8-6-12(7-9-14)19(25)33)22(28-17)29-18-15(23)4-3-5-16(18)24/h3-5,10,12-14,32H,2,6-9,11H2,1H3,(H2,25,33)(H,28,29)(H,26,27,30)/t12?,13-,14?/m0/s1. The van der Waals surface area contributed by atoms with Crippen LogP contribution in [0.1, 0.15) is 45.1 Å². The van der Waals surface area contributed by atoms with Gasteiger partial charge in [0.1, 0.15) is 11.3 Å². The Labute approximate surface area is 195 Å². The maximum absolute atomic E-state index is 14.5. The number of imidazole rings is 1. The maximum Gasteiger partial charge on any atom is 0.225 e. The molecule has 0 radical (unpaired) electrons. The Morgan fingerprint density at radius 2 is 2.09 bits per heavy atom. The summed E-state index contributed by atoms with van der Waals surface area (Å²) in [6, 6.07) is 4.24. The lowest BCUT2D eigenvalue weighted by atomic mass is 9.85. The molecule has 1 aliphatic carbocycles. The molecule has 0 spiro atoms. The number of aromatic nitrogens is 4. The molecule has 4 rings (SSSR count). The Morgan fingerprint density at radius 1 is 1.33 bits per heavy atom. The summed E-state index contributed by atoms with van der Waals surface area (Å²) in [6.45, 7) is 1.90. The highest BCUT2D eigenvalue weighted by atomic mass is 35.5. The summed E-state index contributed by atoms with van der Waals surface area (Å²) in [5, 5.41) is 15.9. The molecule has 0 aliphatic heterocycles. The number of carbonyl (C=O) groups is 1. The van der Waals surface area contributed by atoms with Gasteiger partial charge in [0.15, 0.2) is 5.65 Å². The molecule has 33 heavy (non-hydrogen) atoms. The van der Waals surface area contributed by atoms with Crippen LogP contribution in [0.4, 0.5) is 22.0 Å². The third-order valence-electron chi connectivity index (χ3n) is 6.14. The van der Waals surface area contributed by atoms with Crippen LogP contribution in [0.2, 0.25) is 5.02 Å². The van der Waals surface area contributed by atoms with E-state index in [1.807, 2.05) is 11.5 Å². The van der Waals surface area contributed by atoms with Gasteiger partial charge in [0.25, 0.3) is 0 Å². The van der Waals surface area contributed by atoms with E-state index in [4.69, 9.17) is 17.3 Å². The Balaban J connectivity index is 1.76. The molecule has 1 fully saturated rings. The van der Waals surface area contributed by atoms with Gasteiger partial charge in [-0.15, -0.1) is 0 Å². The van der Waals surface area contributed by atoms with Crippen LogP contribution in [0.3, 0.4) is 0 Å². The van der Waals surface area contributed by atoms with Gasteiger partial charge in [-0.1, -0.05) is 24.6 Å². The van der Waals surface area contributed by atoms with Gasteiger partial charge in [-0.3, -0.25) is 9.36 Å². The van der Waals surface area contributed by atoms with Gasteiger partial charge in [-0.25, -0.2) is 14.4 Å². The number of amides is 1. The van der Waals surface area contributed by atoms with Crippen LogP contribution < -0.4 is 16.4 Å². The van der Waals surface area contributed by atoms with Crippen molar-refractivity contribution in [3.8, 4) is 0 Å². The van der Waals surface area contributed by atoms with Crippen LogP contribution >= 0.6 is 11.6 Å². The normalized spacial score (nSPS) is 19.4. The minimum atomic E-state index is -0.499. The summed E-state index contributed by atoms with van der Waals surface area (Å²) in [5.74, 6) is -0.189. The van der Waals surface area contributed by atoms with Crippen LogP contribution in [-0.2, 0) is 4.79 Å². The zero-order valence-electron chi connectivity index (χ0n) is 18.3. The van der Waals surface area contributed by atoms with Crippen LogP contribution in [0.25, 0.3) is 11.2 Å². The first-order chi connectivity index (χ1) is 15.9. The molecule has 1 aliphatic rings. The molecule has 0 saturated heterocycles. The summed E-state index contributed by atoms with van der Waals surface area (Å²) >= 11 is 6.23. The number of nitrogens with one attached hydrogen (secondary N) is 2. The summed E-state index contributed by atoms with van der Waals surface area (Å²) in [7, 11) is 0. The third-order valence-corrected chi connectivity index (χ3v) is 6.46. The molecule has 9 nitrogen and oxygen atoms in total. The Hall–Kier alpha value is -2.98. The predicted molar refractivity (Wildman–Crippen MR) is 125 cm³/mol. The molecule has 2 heterocycles. The molecule has 3 aromatic rings. The summed E-state index contributed by atoms with van der Waals surface area (Å²) < 4.78 is 16.4. The number of hydrogen-bond donors (Lipinski definition) is 4. The van der Waals surface area contributed by atoms with E-state index < -0.39 is 5.82 Å². The first kappa shape index (κ1) is 23.2. The number of para-hydroxylation sites is 1. The molecule has 1 saturated carbocycles. The average Bonchev–Trinajstić information content (AvgIpc) is 3.17. The van der Waals surface area contributed by atoms with Gasteiger partial charge in [0.05, 0.1) is 29.6 Å². The fourth-order valence-electron chi connectivity index (χ4n) is 4.20. The molecule has 1 aromatic carbocycles. The number of anilines is 3. The van der Waals surface area contributed by atoms with Crippen LogP contribution in [-0.4, -0.2) is 43.2 Å². The smallest absolute Gasteiger partial charge is 0.225 e. The van der Waals surface area contributed by atoms with Gasteiger partial charge in [-0.05, 0) is 44.2 Å². The van der Waals surface area contributed by atoms with E-state index in [1.54, 1.807) is 12.3 Å². The molecule has 0 unspecified atom stereocenters. The van der Waals surface area contributed by atoms with Crippen LogP contribution in [0, 0.1) is 11.7 Å². The van der Waals surface area contributed by atoms with E-state index in [9.17, 15) is 14.3 Å². The van der Waals surface area contributed by atoms with E-state index in [-0.39, 0.29) is 41.2 Å². The minimum absolute atomic E-state index is 0.0267. The Bertz CT molecular complexity index is 1120. The van der Waals surface area contributed by atoms with Crippen LogP contribution in [0.5, 0.6) is 0 Å². The number of aliphatic hydroxyl groups excluding tert-OH is 1. The lowest BCUT2D eigenvalue weighted by Crippen LogP contribution is -2.29. The zero-order chi connectivity index (χ0) is 23.5. The number of aliphatic hydroxyl groups is 1. The van der Waals surface area contributed by atoms with Gasteiger partial charge in [0.2, 0.25) is 17.8 Å². The lowest BCUT2D eigenvalue weighted by molar-refractivity contribution is -0.122. The van der Waals surface area contributed by atoms with E-state index in [0.717, 1.165) is 0 Å². The zero-order valence-corrected chi connectivity index (χ0v) is 19.0. The number of nitrogens with zero attached hydrogens (tertiary/aromatic N) is 4. The molecule has 1 atom stereocenters. The quantitative estimate of drug-likeness (QED) is 0.390. The first-order valence-corrected chi connectivity index (χ1v) is 11.4. The van der Waals surface area contributed by atoms with E-state index in [1.165, 1.54) is 12.1 Å². The largest absolute Gasteiger partial charge is 0.394 e. The molecule has 2 aromatic heterocycles. The summed E-state index contributed by atoms with van der Waals surface area (Å²) in [5.41, 5.74) is 6.73. The van der Waals surface area contributed by atoms with Crippen LogP contribution in [0.15, 0.2) is 24.4 Å². The van der Waals surface area contributed by atoms with E-state index >= 15 is 0 Å². The van der Waals surface area contributed by atoms with E-state index in [2.05, 4.69) is 25.6 Å². The van der Waals surface area contributed by atoms with Crippen molar-refractivity contribution < 1.29 is 14.3 Å². The number of primary amides is 1. The van der Waals surface area contributed by atoms with Crippen molar-refractivity contribution in [1.29, 1.82) is 0 Å². The van der Waals surface area contributed by atoms with Gasteiger partial charge < -0.3 is 21.5 Å². The van der Waals surface area contributed by atoms with E-state index in [0.29, 0.717) is 55.2 Å². The first-order valence-electron chi connectivity index (χ1n) is 11.0. The topological polar surface area (TPSA) is 131 Å². The highest BCUT2D eigenvalue weighted by Crippen LogP contribution is 2.38. The highest BCUT2D eigenvalue weighted by Gasteiger charge is 2.29. The fraction of sp³-hybridized carbons (Fsp3) is 0.455. The molecule has 1 amide bonds. The number of hydrogen-bond acceptors (Lipinski definition) is 7. The molecule has 5 N–H and O–H groups in total. The third kappa shape index (κ3) is 4.86. The van der Waals surface area contributed by atoms with Crippen molar-refractivity contribution in [3.63, 3.8) is 0 Å². The van der Waals surface area contributed by atoms with Crippen molar-refractivity contribution in [2.75, 3.05) is 17.2 Å². The van der Waals surface area contributed by atoms with Crippen molar-refractivity contribution in [2.45, 2.75) is 51.1 Å². The second-order valence-corrected chi connectivity index (χ2v) is 8.68. The number of fused-ring (bicyclic) bond motifs is 1.